The van der Waals surface area contributed by atoms with Crippen LogP contribution in [-0.4, -0.2) is 42.1 Å². The van der Waals surface area contributed by atoms with Gasteiger partial charge in [0.05, 0.1) is 6.61 Å². The molecule has 0 aromatic rings. The second-order valence-electron chi connectivity index (χ2n) is 6.73. The standard InChI is InChI=1S/C16H32N2O2/c1-5-20-15(19)16(4,17)12-18(11-10-13(2)3)14-8-6-7-9-14/h13-14H,5-12,17H2,1-4H3. The van der Waals surface area contributed by atoms with E-state index in [0.717, 1.165) is 13.0 Å². The number of ether oxygens (including phenoxy) is 1. The third-order valence-electron chi connectivity index (χ3n) is 4.11. The highest BCUT2D eigenvalue weighted by Crippen LogP contribution is 2.25. The summed E-state index contributed by atoms with van der Waals surface area (Å²) < 4.78 is 5.11. The molecule has 0 aliphatic heterocycles. The minimum atomic E-state index is -0.907. The first-order valence-corrected chi connectivity index (χ1v) is 8.07. The number of carbonyl (C=O) groups is 1. The molecule has 4 nitrogen and oxygen atoms in total. The fourth-order valence-electron chi connectivity index (χ4n) is 2.87. The Balaban J connectivity index is 2.64. The molecule has 1 fully saturated rings. The lowest BCUT2D eigenvalue weighted by Crippen LogP contribution is -2.56. The van der Waals surface area contributed by atoms with Gasteiger partial charge in [-0.05, 0) is 45.6 Å². The number of nitrogens with two attached hydrogens (primary N) is 1. The summed E-state index contributed by atoms with van der Waals surface area (Å²) in [5, 5.41) is 0. The molecule has 1 saturated carbocycles. The van der Waals surface area contributed by atoms with Crippen LogP contribution in [0.5, 0.6) is 0 Å². The van der Waals surface area contributed by atoms with E-state index in [-0.39, 0.29) is 5.97 Å². The molecule has 1 unspecified atom stereocenters. The monoisotopic (exact) mass is 284 g/mol. The molecule has 2 N–H and O–H groups in total. The second kappa shape index (κ2) is 7.99. The predicted octanol–water partition coefficient (Wildman–Crippen LogP) is 2.56. The predicted molar refractivity (Wildman–Crippen MR) is 82.5 cm³/mol. The van der Waals surface area contributed by atoms with Gasteiger partial charge in [0, 0.05) is 12.6 Å². The van der Waals surface area contributed by atoms with Gasteiger partial charge in [0.2, 0.25) is 0 Å². The van der Waals surface area contributed by atoms with Crippen molar-refractivity contribution in [2.45, 2.75) is 71.4 Å². The summed E-state index contributed by atoms with van der Waals surface area (Å²) in [6.45, 7) is 10.1. The van der Waals surface area contributed by atoms with Crippen molar-refractivity contribution in [1.82, 2.24) is 4.90 Å². The molecule has 0 aromatic heterocycles. The first kappa shape index (κ1) is 17.4. The Morgan fingerprint density at radius 3 is 2.50 bits per heavy atom. The van der Waals surface area contributed by atoms with Crippen molar-refractivity contribution >= 4 is 5.97 Å². The molecule has 1 rings (SSSR count). The summed E-state index contributed by atoms with van der Waals surface area (Å²) in [7, 11) is 0. The Bertz CT molecular complexity index is 297. The van der Waals surface area contributed by atoms with Crippen molar-refractivity contribution in [3.63, 3.8) is 0 Å². The third kappa shape index (κ3) is 5.41. The molecule has 0 heterocycles. The smallest absolute Gasteiger partial charge is 0.327 e. The Morgan fingerprint density at radius 2 is 2.00 bits per heavy atom. The highest BCUT2D eigenvalue weighted by molar-refractivity contribution is 5.80. The summed E-state index contributed by atoms with van der Waals surface area (Å²) in [6.07, 6.45) is 6.20. The number of hydrogen-bond acceptors (Lipinski definition) is 4. The summed E-state index contributed by atoms with van der Waals surface area (Å²) in [4.78, 5) is 14.4. The minimum absolute atomic E-state index is 0.285. The summed E-state index contributed by atoms with van der Waals surface area (Å²) in [5.74, 6) is 0.387. The number of rotatable bonds is 8. The van der Waals surface area contributed by atoms with Crippen molar-refractivity contribution in [1.29, 1.82) is 0 Å². The molecule has 0 aromatic carbocycles. The average molecular weight is 284 g/mol. The summed E-state index contributed by atoms with van der Waals surface area (Å²) >= 11 is 0. The molecule has 20 heavy (non-hydrogen) atoms. The largest absolute Gasteiger partial charge is 0.465 e. The van der Waals surface area contributed by atoms with Crippen LogP contribution >= 0.6 is 0 Å². The topological polar surface area (TPSA) is 55.6 Å². The quantitative estimate of drug-likeness (QED) is 0.696. The number of hydrogen-bond donors (Lipinski definition) is 1. The molecule has 0 bridgehead atoms. The van der Waals surface area contributed by atoms with Crippen LogP contribution in [0.4, 0.5) is 0 Å². The van der Waals surface area contributed by atoms with Gasteiger partial charge in [-0.15, -0.1) is 0 Å². The lowest BCUT2D eigenvalue weighted by Gasteiger charge is -2.35. The van der Waals surface area contributed by atoms with E-state index in [9.17, 15) is 4.79 Å². The number of nitrogens with zero attached hydrogens (tertiary/aromatic N) is 1. The van der Waals surface area contributed by atoms with Gasteiger partial charge >= 0.3 is 5.97 Å². The zero-order valence-electron chi connectivity index (χ0n) is 13.7. The number of carbonyl (C=O) groups excluding carboxylic acids is 1. The first-order chi connectivity index (χ1) is 9.36. The van der Waals surface area contributed by atoms with Gasteiger partial charge in [-0.25, -0.2) is 0 Å². The zero-order chi connectivity index (χ0) is 15.2. The van der Waals surface area contributed by atoms with Crippen LogP contribution in [0.25, 0.3) is 0 Å². The van der Waals surface area contributed by atoms with Gasteiger partial charge in [0.25, 0.3) is 0 Å². The van der Waals surface area contributed by atoms with E-state index in [1.54, 1.807) is 6.92 Å². The molecule has 4 heteroatoms. The number of esters is 1. The van der Waals surface area contributed by atoms with E-state index in [1.807, 2.05) is 6.92 Å². The van der Waals surface area contributed by atoms with E-state index >= 15 is 0 Å². The normalized spacial score (nSPS) is 19.6. The van der Waals surface area contributed by atoms with Crippen molar-refractivity contribution < 1.29 is 9.53 Å². The molecule has 1 aliphatic rings. The van der Waals surface area contributed by atoms with Crippen molar-refractivity contribution in [3.8, 4) is 0 Å². The maximum Gasteiger partial charge on any atom is 0.327 e. The van der Waals surface area contributed by atoms with Crippen molar-refractivity contribution in [3.05, 3.63) is 0 Å². The van der Waals surface area contributed by atoms with E-state index in [2.05, 4.69) is 18.7 Å². The van der Waals surface area contributed by atoms with Gasteiger partial charge in [0.1, 0.15) is 5.54 Å². The van der Waals surface area contributed by atoms with Gasteiger partial charge < -0.3 is 10.5 Å². The molecular weight excluding hydrogens is 252 g/mol. The van der Waals surface area contributed by atoms with Gasteiger partial charge in [0.15, 0.2) is 0 Å². The van der Waals surface area contributed by atoms with Crippen molar-refractivity contribution in [2.75, 3.05) is 19.7 Å². The minimum Gasteiger partial charge on any atom is -0.465 e. The fourth-order valence-corrected chi connectivity index (χ4v) is 2.87. The van der Waals surface area contributed by atoms with Crippen LogP contribution in [0.2, 0.25) is 0 Å². The SMILES string of the molecule is CCOC(=O)C(C)(N)CN(CCC(C)C)C1CCCC1. The second-order valence-corrected chi connectivity index (χ2v) is 6.73. The third-order valence-corrected chi connectivity index (χ3v) is 4.11. The highest BCUT2D eigenvalue weighted by Gasteiger charge is 2.35. The maximum atomic E-state index is 12.0. The van der Waals surface area contributed by atoms with E-state index < -0.39 is 5.54 Å². The van der Waals surface area contributed by atoms with E-state index in [0.29, 0.717) is 25.1 Å². The molecule has 1 aliphatic carbocycles. The molecule has 1 atom stereocenters. The zero-order valence-corrected chi connectivity index (χ0v) is 13.7. The Hall–Kier alpha value is -0.610. The molecule has 118 valence electrons. The Labute approximate surface area is 124 Å². The molecular formula is C16H32N2O2. The molecule has 0 radical (unpaired) electrons. The van der Waals surface area contributed by atoms with Gasteiger partial charge in [-0.1, -0.05) is 26.7 Å². The van der Waals surface area contributed by atoms with Crippen LogP contribution in [0, 0.1) is 5.92 Å². The highest BCUT2D eigenvalue weighted by atomic mass is 16.5. The van der Waals surface area contributed by atoms with Crippen LogP contribution in [0.15, 0.2) is 0 Å². The Morgan fingerprint density at radius 1 is 1.40 bits per heavy atom. The average Bonchev–Trinajstić information content (AvgIpc) is 2.88. The molecule has 0 spiro atoms. The fraction of sp³-hybridized carbons (Fsp3) is 0.938. The summed E-state index contributed by atoms with van der Waals surface area (Å²) in [6, 6.07) is 0.589. The molecule has 0 amide bonds. The lowest BCUT2D eigenvalue weighted by atomic mass is 10.0. The van der Waals surface area contributed by atoms with Crippen LogP contribution in [-0.2, 0) is 9.53 Å². The van der Waals surface area contributed by atoms with Gasteiger partial charge in [-0.2, -0.15) is 0 Å². The molecule has 0 saturated heterocycles. The van der Waals surface area contributed by atoms with E-state index in [4.69, 9.17) is 10.5 Å². The summed E-state index contributed by atoms with van der Waals surface area (Å²) in [5.41, 5.74) is 5.30. The van der Waals surface area contributed by atoms with Crippen LogP contribution < -0.4 is 5.73 Å². The van der Waals surface area contributed by atoms with E-state index in [1.165, 1.54) is 25.7 Å². The van der Waals surface area contributed by atoms with Crippen LogP contribution in [0.3, 0.4) is 0 Å². The van der Waals surface area contributed by atoms with Crippen molar-refractivity contribution in [2.24, 2.45) is 11.7 Å². The lowest BCUT2D eigenvalue weighted by molar-refractivity contribution is -0.150. The van der Waals surface area contributed by atoms with Crippen LogP contribution in [0.1, 0.15) is 59.8 Å². The van der Waals surface area contributed by atoms with Gasteiger partial charge in [-0.3, -0.25) is 9.69 Å². The maximum absolute atomic E-state index is 12.0. The Kier molecular flexibility index (Phi) is 6.96. The first-order valence-electron chi connectivity index (χ1n) is 8.07.